The first-order chi connectivity index (χ1) is 7.63. The molecule has 0 aliphatic rings. The Bertz CT molecular complexity index is 368. The number of aryl methyl sites for hydroxylation is 1. The number of hydrogen-bond acceptors (Lipinski definition) is 3. The average Bonchev–Trinajstić information content (AvgIpc) is 2.25. The lowest BCUT2D eigenvalue weighted by molar-refractivity contribution is -0.135. The molecule has 1 N–H and O–H groups in total. The van der Waals surface area contributed by atoms with Gasteiger partial charge in [0.15, 0.2) is 6.61 Å². The molecule has 0 aliphatic carbocycles. The van der Waals surface area contributed by atoms with Gasteiger partial charge in [0.1, 0.15) is 5.75 Å². The molecule has 0 radical (unpaired) electrons. The standard InChI is InChI=1S/C11H14BrNO3/c1-3-16-13-11(14)7-15-10-5-4-8(2)6-9(10)12/h4-6H,3,7H2,1-2H3,(H,13,14). The third kappa shape index (κ3) is 4.20. The normalized spacial score (nSPS) is 9.94. The minimum Gasteiger partial charge on any atom is -0.483 e. The Hall–Kier alpha value is -1.07. The molecule has 4 nitrogen and oxygen atoms in total. The number of carbonyl (C=O) groups is 1. The van der Waals surface area contributed by atoms with Gasteiger partial charge in [0, 0.05) is 0 Å². The maximum absolute atomic E-state index is 11.2. The molecular weight excluding hydrogens is 274 g/mol. The number of amides is 1. The van der Waals surface area contributed by atoms with Gasteiger partial charge < -0.3 is 4.74 Å². The first kappa shape index (κ1) is 13.0. The maximum atomic E-state index is 11.2. The van der Waals surface area contributed by atoms with Crippen LogP contribution in [0.15, 0.2) is 22.7 Å². The van der Waals surface area contributed by atoms with Crippen molar-refractivity contribution in [3.8, 4) is 5.75 Å². The molecule has 0 saturated carbocycles. The number of hydroxylamine groups is 1. The first-order valence-corrected chi connectivity index (χ1v) is 5.72. The number of hydrogen-bond donors (Lipinski definition) is 1. The zero-order valence-corrected chi connectivity index (χ0v) is 10.8. The van der Waals surface area contributed by atoms with E-state index in [1.54, 1.807) is 6.92 Å². The van der Waals surface area contributed by atoms with E-state index in [0.717, 1.165) is 10.0 Å². The van der Waals surface area contributed by atoms with Gasteiger partial charge in [0.25, 0.3) is 5.91 Å². The van der Waals surface area contributed by atoms with Crippen molar-refractivity contribution < 1.29 is 14.4 Å². The molecule has 88 valence electrons. The molecule has 0 bridgehead atoms. The second kappa shape index (κ2) is 6.50. The van der Waals surface area contributed by atoms with Gasteiger partial charge in [-0.2, -0.15) is 0 Å². The van der Waals surface area contributed by atoms with E-state index in [1.807, 2.05) is 25.1 Å². The summed E-state index contributed by atoms with van der Waals surface area (Å²) in [6.45, 7) is 4.13. The summed E-state index contributed by atoms with van der Waals surface area (Å²) in [6.07, 6.45) is 0. The molecule has 0 fully saturated rings. The van der Waals surface area contributed by atoms with Crippen LogP contribution in [0.1, 0.15) is 12.5 Å². The van der Waals surface area contributed by atoms with Crippen LogP contribution in [-0.2, 0) is 9.63 Å². The lowest BCUT2D eigenvalue weighted by Gasteiger charge is -2.08. The molecule has 0 saturated heterocycles. The molecule has 0 aliphatic heterocycles. The van der Waals surface area contributed by atoms with Crippen molar-refractivity contribution in [3.05, 3.63) is 28.2 Å². The lowest BCUT2D eigenvalue weighted by Crippen LogP contribution is -2.29. The van der Waals surface area contributed by atoms with Gasteiger partial charge in [-0.3, -0.25) is 9.63 Å². The molecule has 16 heavy (non-hydrogen) atoms. The van der Waals surface area contributed by atoms with Gasteiger partial charge >= 0.3 is 0 Å². The van der Waals surface area contributed by atoms with E-state index >= 15 is 0 Å². The first-order valence-electron chi connectivity index (χ1n) is 4.93. The summed E-state index contributed by atoms with van der Waals surface area (Å²) in [5.41, 5.74) is 3.38. The molecule has 1 aromatic carbocycles. The Labute approximate surface area is 103 Å². The Morgan fingerprint density at radius 1 is 1.50 bits per heavy atom. The molecular formula is C11H14BrNO3. The van der Waals surface area contributed by atoms with Crippen LogP contribution in [-0.4, -0.2) is 19.1 Å². The SMILES string of the molecule is CCONC(=O)COc1ccc(C)cc1Br. The summed E-state index contributed by atoms with van der Waals surface area (Å²) >= 11 is 3.36. The molecule has 1 rings (SSSR count). The second-order valence-electron chi connectivity index (χ2n) is 3.18. The van der Waals surface area contributed by atoms with Crippen molar-refractivity contribution in [3.63, 3.8) is 0 Å². The van der Waals surface area contributed by atoms with Crippen molar-refractivity contribution in [1.82, 2.24) is 5.48 Å². The van der Waals surface area contributed by atoms with Gasteiger partial charge in [0.05, 0.1) is 11.1 Å². The highest BCUT2D eigenvalue weighted by Gasteiger charge is 2.05. The zero-order chi connectivity index (χ0) is 12.0. The number of benzene rings is 1. The Balaban J connectivity index is 2.45. The van der Waals surface area contributed by atoms with E-state index in [9.17, 15) is 4.79 Å². The number of rotatable bonds is 5. The highest BCUT2D eigenvalue weighted by atomic mass is 79.9. The number of carbonyl (C=O) groups excluding carboxylic acids is 1. The van der Waals surface area contributed by atoms with Crippen LogP contribution in [0.4, 0.5) is 0 Å². The van der Waals surface area contributed by atoms with Gasteiger partial charge in [-0.15, -0.1) is 0 Å². The fourth-order valence-corrected chi connectivity index (χ4v) is 1.66. The Kier molecular flexibility index (Phi) is 5.28. The highest BCUT2D eigenvalue weighted by Crippen LogP contribution is 2.25. The highest BCUT2D eigenvalue weighted by molar-refractivity contribution is 9.10. The third-order valence-electron chi connectivity index (χ3n) is 1.78. The van der Waals surface area contributed by atoms with E-state index in [2.05, 4.69) is 21.4 Å². The van der Waals surface area contributed by atoms with E-state index < -0.39 is 0 Å². The summed E-state index contributed by atoms with van der Waals surface area (Å²) < 4.78 is 6.14. The zero-order valence-electron chi connectivity index (χ0n) is 9.25. The largest absolute Gasteiger partial charge is 0.483 e. The summed E-state index contributed by atoms with van der Waals surface area (Å²) in [4.78, 5) is 15.9. The van der Waals surface area contributed by atoms with Crippen molar-refractivity contribution in [2.75, 3.05) is 13.2 Å². The van der Waals surface area contributed by atoms with Gasteiger partial charge in [0.2, 0.25) is 0 Å². The number of ether oxygens (including phenoxy) is 1. The summed E-state index contributed by atoms with van der Waals surface area (Å²) in [5.74, 6) is 0.326. The van der Waals surface area contributed by atoms with Gasteiger partial charge in [-0.25, -0.2) is 5.48 Å². The van der Waals surface area contributed by atoms with Crippen LogP contribution in [0.5, 0.6) is 5.75 Å². The van der Waals surface area contributed by atoms with Gasteiger partial charge in [-0.05, 0) is 47.5 Å². The van der Waals surface area contributed by atoms with E-state index in [-0.39, 0.29) is 12.5 Å². The van der Waals surface area contributed by atoms with E-state index in [4.69, 9.17) is 9.57 Å². The average molecular weight is 288 g/mol. The minimum absolute atomic E-state index is 0.0678. The smallest absolute Gasteiger partial charge is 0.281 e. The molecule has 5 heteroatoms. The molecule has 1 aromatic rings. The van der Waals surface area contributed by atoms with Crippen LogP contribution >= 0.6 is 15.9 Å². The Morgan fingerprint density at radius 2 is 2.25 bits per heavy atom. The molecule has 0 atom stereocenters. The van der Waals surface area contributed by atoms with E-state index in [0.29, 0.717) is 12.4 Å². The fourth-order valence-electron chi connectivity index (χ4n) is 1.05. The quantitative estimate of drug-likeness (QED) is 0.845. The van der Waals surface area contributed by atoms with Crippen LogP contribution in [0.2, 0.25) is 0 Å². The monoisotopic (exact) mass is 287 g/mol. The summed E-state index contributed by atoms with van der Waals surface area (Å²) in [6, 6.07) is 5.66. The van der Waals surface area contributed by atoms with Crippen molar-refractivity contribution in [2.45, 2.75) is 13.8 Å². The topological polar surface area (TPSA) is 47.6 Å². The van der Waals surface area contributed by atoms with Crippen LogP contribution in [0.3, 0.4) is 0 Å². The molecule has 0 aromatic heterocycles. The molecule has 0 heterocycles. The third-order valence-corrected chi connectivity index (χ3v) is 2.40. The molecule has 1 amide bonds. The van der Waals surface area contributed by atoms with Crippen molar-refractivity contribution >= 4 is 21.8 Å². The number of nitrogens with one attached hydrogen (secondary N) is 1. The lowest BCUT2D eigenvalue weighted by atomic mass is 10.2. The van der Waals surface area contributed by atoms with Crippen molar-refractivity contribution in [1.29, 1.82) is 0 Å². The van der Waals surface area contributed by atoms with Crippen LogP contribution in [0.25, 0.3) is 0 Å². The maximum Gasteiger partial charge on any atom is 0.281 e. The summed E-state index contributed by atoms with van der Waals surface area (Å²) in [5, 5.41) is 0. The minimum atomic E-state index is -0.311. The predicted molar refractivity (Wildman–Crippen MR) is 64.1 cm³/mol. The predicted octanol–water partition coefficient (Wildman–Crippen LogP) is 2.20. The van der Waals surface area contributed by atoms with Crippen LogP contribution < -0.4 is 10.2 Å². The summed E-state index contributed by atoms with van der Waals surface area (Å²) in [7, 11) is 0. The second-order valence-corrected chi connectivity index (χ2v) is 4.04. The fraction of sp³-hybridized carbons (Fsp3) is 0.364. The molecule has 0 unspecified atom stereocenters. The number of halogens is 1. The van der Waals surface area contributed by atoms with Crippen molar-refractivity contribution in [2.24, 2.45) is 0 Å². The van der Waals surface area contributed by atoms with Gasteiger partial charge in [-0.1, -0.05) is 6.07 Å². The molecule has 0 spiro atoms. The Morgan fingerprint density at radius 3 is 2.88 bits per heavy atom. The van der Waals surface area contributed by atoms with E-state index in [1.165, 1.54) is 0 Å². The van der Waals surface area contributed by atoms with Crippen LogP contribution in [0, 0.1) is 6.92 Å².